The van der Waals surface area contributed by atoms with Gasteiger partial charge in [-0.2, -0.15) is 5.26 Å². The van der Waals surface area contributed by atoms with Crippen LogP contribution < -0.4 is 0 Å². The maximum absolute atomic E-state index is 10.3. The molecule has 0 unspecified atom stereocenters. The van der Waals surface area contributed by atoms with Crippen LogP contribution in [0.4, 0.5) is 0 Å². The summed E-state index contributed by atoms with van der Waals surface area (Å²) in [6.07, 6.45) is 0.617. The molecule has 0 radical (unpaired) electrons. The lowest BCUT2D eigenvalue weighted by molar-refractivity contribution is -0.138. The quantitative estimate of drug-likeness (QED) is 0.310. The maximum atomic E-state index is 10.3. The molecule has 0 aromatic heterocycles. The first-order valence-corrected chi connectivity index (χ1v) is 4.03. The van der Waals surface area contributed by atoms with Crippen molar-refractivity contribution in [2.24, 2.45) is 0 Å². The van der Waals surface area contributed by atoms with Crippen molar-refractivity contribution in [3.05, 3.63) is 0 Å². The van der Waals surface area contributed by atoms with E-state index in [1.165, 1.54) is 4.90 Å². The van der Waals surface area contributed by atoms with Crippen LogP contribution in [-0.2, 0) is 14.3 Å². The number of rotatable bonds is 8. The highest BCUT2D eigenvalue weighted by Crippen LogP contribution is 1.87. The lowest BCUT2D eigenvalue weighted by Crippen LogP contribution is -2.33. The topological polar surface area (TPSA) is 90.6 Å². The summed E-state index contributed by atoms with van der Waals surface area (Å²) < 4.78 is 4.83. The molecular formula is C8H12N2O4. The van der Waals surface area contributed by atoms with Crippen molar-refractivity contribution in [2.75, 3.05) is 32.8 Å². The van der Waals surface area contributed by atoms with Crippen LogP contribution in [0.25, 0.3) is 0 Å². The van der Waals surface area contributed by atoms with E-state index in [0.29, 0.717) is 12.8 Å². The van der Waals surface area contributed by atoms with Crippen LogP contribution in [0.3, 0.4) is 0 Å². The molecule has 0 aromatic carbocycles. The second-order valence-corrected chi connectivity index (χ2v) is 2.50. The van der Waals surface area contributed by atoms with E-state index in [-0.39, 0.29) is 26.3 Å². The van der Waals surface area contributed by atoms with Crippen molar-refractivity contribution in [1.82, 2.24) is 4.90 Å². The average molecular weight is 200 g/mol. The van der Waals surface area contributed by atoms with Gasteiger partial charge in [-0.05, 0) is 0 Å². The Balaban J connectivity index is 3.68. The van der Waals surface area contributed by atoms with Gasteiger partial charge in [0, 0.05) is 6.54 Å². The SMILES string of the molecule is N#CCN(CCOCC=O)CC(=O)O. The van der Waals surface area contributed by atoms with E-state index in [1.54, 1.807) is 0 Å². The van der Waals surface area contributed by atoms with Crippen LogP contribution in [0.15, 0.2) is 0 Å². The van der Waals surface area contributed by atoms with Gasteiger partial charge in [0.15, 0.2) is 0 Å². The van der Waals surface area contributed by atoms with Crippen molar-refractivity contribution in [1.29, 1.82) is 5.26 Å². The summed E-state index contributed by atoms with van der Waals surface area (Å²) in [5.74, 6) is -0.990. The first kappa shape index (κ1) is 12.6. The van der Waals surface area contributed by atoms with Gasteiger partial charge in [-0.25, -0.2) is 0 Å². The van der Waals surface area contributed by atoms with Crippen LogP contribution >= 0.6 is 0 Å². The van der Waals surface area contributed by atoms with Gasteiger partial charge in [-0.15, -0.1) is 0 Å². The molecule has 0 bridgehead atoms. The van der Waals surface area contributed by atoms with Gasteiger partial charge < -0.3 is 14.6 Å². The fraction of sp³-hybridized carbons (Fsp3) is 0.625. The Labute approximate surface area is 81.7 Å². The zero-order valence-corrected chi connectivity index (χ0v) is 7.68. The summed E-state index contributed by atoms with van der Waals surface area (Å²) in [6, 6.07) is 1.85. The Kier molecular flexibility index (Phi) is 7.32. The monoisotopic (exact) mass is 200 g/mol. The lowest BCUT2D eigenvalue weighted by atomic mass is 10.4. The van der Waals surface area contributed by atoms with Crippen LogP contribution in [0.2, 0.25) is 0 Å². The molecule has 0 rings (SSSR count). The molecule has 0 aliphatic carbocycles. The van der Waals surface area contributed by atoms with Gasteiger partial charge in [0.1, 0.15) is 12.9 Å². The van der Waals surface area contributed by atoms with E-state index >= 15 is 0 Å². The van der Waals surface area contributed by atoms with Crippen LogP contribution in [0.1, 0.15) is 0 Å². The molecule has 14 heavy (non-hydrogen) atoms. The molecular weight excluding hydrogens is 188 g/mol. The molecule has 6 nitrogen and oxygen atoms in total. The van der Waals surface area contributed by atoms with Crippen LogP contribution in [0, 0.1) is 11.3 Å². The molecule has 0 amide bonds. The van der Waals surface area contributed by atoms with Crippen molar-refractivity contribution in [2.45, 2.75) is 0 Å². The highest BCUT2D eigenvalue weighted by molar-refractivity contribution is 5.69. The lowest BCUT2D eigenvalue weighted by Gasteiger charge is -2.15. The smallest absolute Gasteiger partial charge is 0.317 e. The highest BCUT2D eigenvalue weighted by Gasteiger charge is 2.08. The van der Waals surface area contributed by atoms with Gasteiger partial charge in [0.25, 0.3) is 0 Å². The number of carbonyl (C=O) groups excluding carboxylic acids is 1. The van der Waals surface area contributed by atoms with Gasteiger partial charge in [0.05, 0.1) is 25.8 Å². The molecule has 0 aliphatic rings. The van der Waals surface area contributed by atoms with Crippen molar-refractivity contribution in [3.63, 3.8) is 0 Å². The van der Waals surface area contributed by atoms with Gasteiger partial charge in [0.2, 0.25) is 0 Å². The molecule has 0 saturated carbocycles. The largest absolute Gasteiger partial charge is 0.480 e. The van der Waals surface area contributed by atoms with E-state index in [0.717, 1.165) is 0 Å². The van der Waals surface area contributed by atoms with Crippen molar-refractivity contribution < 1.29 is 19.4 Å². The van der Waals surface area contributed by atoms with Crippen LogP contribution in [-0.4, -0.2) is 55.1 Å². The summed E-state index contributed by atoms with van der Waals surface area (Å²) in [5.41, 5.74) is 0. The van der Waals surface area contributed by atoms with Crippen LogP contribution in [0.5, 0.6) is 0 Å². The Hall–Kier alpha value is -1.45. The first-order chi connectivity index (χ1) is 6.70. The molecule has 0 saturated heterocycles. The first-order valence-electron chi connectivity index (χ1n) is 4.03. The molecule has 0 fully saturated rings. The van der Waals surface area contributed by atoms with E-state index in [2.05, 4.69) is 0 Å². The third-order valence-electron chi connectivity index (χ3n) is 1.39. The summed E-state index contributed by atoms with van der Waals surface area (Å²) in [5, 5.41) is 16.8. The standard InChI is InChI=1S/C8H12N2O4/c9-1-2-10(7-8(12)13)3-5-14-6-4-11/h4H,2-3,5-7H2,(H,12,13). The van der Waals surface area contributed by atoms with Gasteiger partial charge >= 0.3 is 5.97 Å². The average Bonchev–Trinajstić information content (AvgIpc) is 2.12. The van der Waals surface area contributed by atoms with Gasteiger partial charge in [-0.1, -0.05) is 0 Å². The number of nitrogens with zero attached hydrogens (tertiary/aromatic N) is 2. The molecule has 0 heterocycles. The minimum absolute atomic E-state index is 0.00648. The molecule has 0 aliphatic heterocycles. The number of ether oxygens (including phenoxy) is 1. The minimum Gasteiger partial charge on any atom is -0.480 e. The van der Waals surface area contributed by atoms with Crippen molar-refractivity contribution >= 4 is 12.3 Å². The number of aliphatic carboxylic acids is 1. The summed E-state index contributed by atoms with van der Waals surface area (Å²) in [6.45, 7) is 0.406. The van der Waals surface area contributed by atoms with E-state index < -0.39 is 5.97 Å². The fourth-order valence-corrected chi connectivity index (χ4v) is 0.830. The number of hydrogen-bond acceptors (Lipinski definition) is 5. The number of hydrogen-bond donors (Lipinski definition) is 1. The number of carboxylic acid groups (broad SMARTS) is 1. The minimum atomic E-state index is -0.990. The zero-order valence-electron chi connectivity index (χ0n) is 7.68. The summed E-state index contributed by atoms with van der Waals surface area (Å²) in [4.78, 5) is 21.6. The second kappa shape index (κ2) is 8.16. The molecule has 0 spiro atoms. The summed E-state index contributed by atoms with van der Waals surface area (Å²) in [7, 11) is 0. The Morgan fingerprint density at radius 1 is 1.64 bits per heavy atom. The predicted octanol–water partition coefficient (Wildman–Crippen LogP) is -0.888. The third-order valence-corrected chi connectivity index (χ3v) is 1.39. The molecule has 0 atom stereocenters. The van der Waals surface area contributed by atoms with Crippen molar-refractivity contribution in [3.8, 4) is 6.07 Å². The Morgan fingerprint density at radius 2 is 2.36 bits per heavy atom. The normalized spacial score (nSPS) is 9.71. The summed E-state index contributed by atoms with van der Waals surface area (Å²) >= 11 is 0. The molecule has 6 heteroatoms. The molecule has 78 valence electrons. The molecule has 0 aromatic rings. The number of aldehydes is 1. The number of nitriles is 1. The molecule has 1 N–H and O–H groups in total. The highest BCUT2D eigenvalue weighted by atomic mass is 16.5. The predicted molar refractivity (Wildman–Crippen MR) is 46.6 cm³/mol. The number of carboxylic acids is 1. The maximum Gasteiger partial charge on any atom is 0.317 e. The second-order valence-electron chi connectivity index (χ2n) is 2.50. The number of carbonyl (C=O) groups is 2. The fourth-order valence-electron chi connectivity index (χ4n) is 0.830. The Bertz CT molecular complexity index is 224. The Morgan fingerprint density at radius 3 is 2.86 bits per heavy atom. The van der Waals surface area contributed by atoms with Gasteiger partial charge in [-0.3, -0.25) is 9.69 Å². The van der Waals surface area contributed by atoms with E-state index in [4.69, 9.17) is 15.1 Å². The third kappa shape index (κ3) is 7.21. The zero-order chi connectivity index (χ0) is 10.8. The van der Waals surface area contributed by atoms with E-state index in [1.807, 2.05) is 6.07 Å². The van der Waals surface area contributed by atoms with E-state index in [9.17, 15) is 9.59 Å².